The lowest BCUT2D eigenvalue weighted by atomic mass is 10.2. The number of hydrogen-bond donors (Lipinski definition) is 0. The van der Waals surface area contributed by atoms with Crippen LogP contribution in [0, 0.1) is 11.3 Å². The summed E-state index contributed by atoms with van der Waals surface area (Å²) < 4.78 is 1.75. The van der Waals surface area contributed by atoms with Crippen LogP contribution >= 0.6 is 0 Å². The number of piperazine rings is 1. The van der Waals surface area contributed by atoms with Crippen LogP contribution in [0.5, 0.6) is 0 Å². The van der Waals surface area contributed by atoms with E-state index in [-0.39, 0.29) is 0 Å². The fourth-order valence-electron chi connectivity index (χ4n) is 3.12. The lowest BCUT2D eigenvalue weighted by Crippen LogP contribution is -2.47. The number of nitrogens with zero attached hydrogens (tertiary/aromatic N) is 8. The molecule has 0 aromatic carbocycles. The first kappa shape index (κ1) is 16.0. The monoisotopic (exact) mass is 346 g/mol. The van der Waals surface area contributed by atoms with Gasteiger partial charge in [-0.05, 0) is 12.1 Å². The molecule has 4 heterocycles. The van der Waals surface area contributed by atoms with E-state index < -0.39 is 0 Å². The maximum Gasteiger partial charge on any atom is 0.163 e. The Morgan fingerprint density at radius 3 is 2.62 bits per heavy atom. The molecule has 0 bridgehead atoms. The number of hydrogen-bond acceptors (Lipinski definition) is 7. The normalized spacial score (nSPS) is 14.3. The van der Waals surface area contributed by atoms with Crippen LogP contribution in [0.3, 0.4) is 0 Å². The Kier molecular flexibility index (Phi) is 4.19. The van der Waals surface area contributed by atoms with Gasteiger partial charge in [0.1, 0.15) is 11.9 Å². The van der Waals surface area contributed by atoms with Crippen LogP contribution < -0.4 is 9.80 Å². The Morgan fingerprint density at radius 1 is 1.08 bits per heavy atom. The van der Waals surface area contributed by atoms with Crippen LogP contribution in [0.25, 0.3) is 11.3 Å². The SMILES string of the molecule is Cn1cc(-c2cncc(N3CCN(c4cccnc4C#N)CC3)n2)cn1. The summed E-state index contributed by atoms with van der Waals surface area (Å²) in [5.74, 6) is 0.859. The Morgan fingerprint density at radius 2 is 1.88 bits per heavy atom. The molecule has 26 heavy (non-hydrogen) atoms. The van der Waals surface area contributed by atoms with Crippen molar-refractivity contribution in [3.05, 3.63) is 48.8 Å². The van der Waals surface area contributed by atoms with E-state index in [9.17, 15) is 5.26 Å². The number of aromatic nitrogens is 5. The zero-order valence-electron chi connectivity index (χ0n) is 14.4. The van der Waals surface area contributed by atoms with Crippen molar-refractivity contribution in [1.29, 1.82) is 5.26 Å². The maximum atomic E-state index is 9.24. The van der Waals surface area contributed by atoms with Gasteiger partial charge in [-0.1, -0.05) is 0 Å². The molecule has 0 spiro atoms. The van der Waals surface area contributed by atoms with E-state index in [1.807, 2.05) is 25.4 Å². The molecule has 3 aromatic rings. The van der Waals surface area contributed by atoms with Crippen molar-refractivity contribution in [3.63, 3.8) is 0 Å². The molecule has 0 radical (unpaired) electrons. The standard InChI is InChI=1S/C18H18N8/c1-24-13-14(10-22-24)16-11-20-12-18(23-16)26-7-5-25(6-8-26)17-3-2-4-21-15(17)9-19/h2-4,10-13H,5-8H2,1H3. The molecular weight excluding hydrogens is 328 g/mol. The Balaban J connectivity index is 1.49. The molecule has 1 saturated heterocycles. The van der Waals surface area contributed by atoms with Crippen molar-refractivity contribution in [2.45, 2.75) is 0 Å². The zero-order chi connectivity index (χ0) is 17.9. The number of rotatable bonds is 3. The molecule has 1 fully saturated rings. The lowest BCUT2D eigenvalue weighted by Gasteiger charge is -2.36. The van der Waals surface area contributed by atoms with Gasteiger partial charge in [0.25, 0.3) is 0 Å². The summed E-state index contributed by atoms with van der Waals surface area (Å²) in [4.78, 5) is 17.6. The van der Waals surface area contributed by atoms with Gasteiger partial charge in [-0.2, -0.15) is 10.4 Å². The minimum Gasteiger partial charge on any atom is -0.366 e. The first-order valence-electron chi connectivity index (χ1n) is 8.40. The van der Waals surface area contributed by atoms with Gasteiger partial charge in [-0.15, -0.1) is 0 Å². The second-order valence-corrected chi connectivity index (χ2v) is 6.12. The molecule has 4 rings (SSSR count). The van der Waals surface area contributed by atoms with Crippen molar-refractivity contribution in [2.24, 2.45) is 7.05 Å². The van der Waals surface area contributed by atoms with Crippen LogP contribution in [-0.4, -0.2) is 50.9 Å². The summed E-state index contributed by atoms with van der Waals surface area (Å²) in [6.45, 7) is 3.23. The van der Waals surface area contributed by atoms with Gasteiger partial charge < -0.3 is 9.80 Å². The van der Waals surface area contributed by atoms with Crippen molar-refractivity contribution in [1.82, 2.24) is 24.7 Å². The first-order chi connectivity index (χ1) is 12.7. The molecule has 0 atom stereocenters. The number of pyridine rings is 1. The second-order valence-electron chi connectivity index (χ2n) is 6.12. The third-order valence-electron chi connectivity index (χ3n) is 4.46. The van der Waals surface area contributed by atoms with Crippen LogP contribution in [0.2, 0.25) is 0 Å². The van der Waals surface area contributed by atoms with Crippen molar-refractivity contribution in [2.75, 3.05) is 36.0 Å². The lowest BCUT2D eigenvalue weighted by molar-refractivity contribution is 0.645. The second kappa shape index (κ2) is 6.80. The van der Waals surface area contributed by atoms with E-state index in [0.717, 1.165) is 48.9 Å². The fraction of sp³-hybridized carbons (Fsp3) is 0.278. The highest BCUT2D eigenvalue weighted by Crippen LogP contribution is 2.23. The molecule has 0 aliphatic carbocycles. The third kappa shape index (κ3) is 3.07. The van der Waals surface area contributed by atoms with Crippen molar-refractivity contribution < 1.29 is 0 Å². The third-order valence-corrected chi connectivity index (χ3v) is 4.46. The van der Waals surface area contributed by atoms with E-state index in [1.54, 1.807) is 29.5 Å². The minimum atomic E-state index is 0.472. The fourth-order valence-corrected chi connectivity index (χ4v) is 3.12. The van der Waals surface area contributed by atoms with E-state index in [4.69, 9.17) is 4.98 Å². The van der Waals surface area contributed by atoms with Gasteiger partial charge in [0.2, 0.25) is 0 Å². The van der Waals surface area contributed by atoms with Gasteiger partial charge in [-0.25, -0.2) is 9.97 Å². The summed E-state index contributed by atoms with van der Waals surface area (Å²) in [5, 5.41) is 13.4. The molecule has 8 heteroatoms. The van der Waals surface area contributed by atoms with Crippen LogP contribution in [0.1, 0.15) is 5.69 Å². The van der Waals surface area contributed by atoms with Crippen molar-refractivity contribution >= 4 is 11.5 Å². The Hall–Kier alpha value is -3.47. The van der Waals surface area contributed by atoms with Crippen LogP contribution in [0.4, 0.5) is 11.5 Å². The highest BCUT2D eigenvalue weighted by atomic mass is 15.3. The summed E-state index contributed by atoms with van der Waals surface area (Å²) in [7, 11) is 1.88. The largest absolute Gasteiger partial charge is 0.366 e. The summed E-state index contributed by atoms with van der Waals surface area (Å²) in [6, 6.07) is 5.98. The number of anilines is 2. The van der Waals surface area contributed by atoms with Gasteiger partial charge >= 0.3 is 0 Å². The Bertz CT molecular complexity index is 950. The first-order valence-corrected chi connectivity index (χ1v) is 8.40. The molecule has 0 unspecified atom stereocenters. The Labute approximate surface area is 151 Å². The van der Waals surface area contributed by atoms with Gasteiger partial charge in [0, 0.05) is 51.2 Å². The molecule has 3 aromatic heterocycles. The summed E-state index contributed by atoms with van der Waals surface area (Å²) in [5.41, 5.74) is 3.13. The molecule has 1 aliphatic rings. The highest BCUT2D eigenvalue weighted by molar-refractivity contribution is 5.59. The predicted molar refractivity (Wildman–Crippen MR) is 97.6 cm³/mol. The smallest absolute Gasteiger partial charge is 0.163 e. The van der Waals surface area contributed by atoms with E-state index >= 15 is 0 Å². The molecule has 130 valence electrons. The molecular formula is C18H18N8. The van der Waals surface area contributed by atoms with Gasteiger partial charge in [0.05, 0.1) is 30.0 Å². The van der Waals surface area contributed by atoms with E-state index in [2.05, 4.69) is 30.9 Å². The summed E-state index contributed by atoms with van der Waals surface area (Å²) >= 11 is 0. The molecule has 8 nitrogen and oxygen atoms in total. The summed E-state index contributed by atoms with van der Waals surface area (Å²) in [6.07, 6.45) is 8.92. The average molecular weight is 346 g/mol. The van der Waals surface area contributed by atoms with E-state index in [1.165, 1.54) is 0 Å². The molecule has 0 N–H and O–H groups in total. The van der Waals surface area contributed by atoms with Crippen LogP contribution in [0.15, 0.2) is 43.1 Å². The van der Waals surface area contributed by atoms with Gasteiger partial charge in [0.15, 0.2) is 5.69 Å². The molecule has 1 aliphatic heterocycles. The molecule has 0 amide bonds. The molecule has 0 saturated carbocycles. The predicted octanol–water partition coefficient (Wildman–Crippen LogP) is 1.47. The maximum absolute atomic E-state index is 9.24. The highest BCUT2D eigenvalue weighted by Gasteiger charge is 2.21. The topological polar surface area (TPSA) is 86.8 Å². The minimum absolute atomic E-state index is 0.472. The van der Waals surface area contributed by atoms with Crippen molar-refractivity contribution in [3.8, 4) is 17.3 Å². The van der Waals surface area contributed by atoms with E-state index in [0.29, 0.717) is 5.69 Å². The zero-order valence-corrected chi connectivity index (χ0v) is 14.4. The van der Waals surface area contributed by atoms with Crippen LogP contribution in [-0.2, 0) is 7.05 Å². The quantitative estimate of drug-likeness (QED) is 0.710. The van der Waals surface area contributed by atoms with Gasteiger partial charge in [-0.3, -0.25) is 9.67 Å². The average Bonchev–Trinajstić information content (AvgIpc) is 3.14. The number of nitriles is 1. The number of aryl methyl sites for hydroxylation is 1.